The van der Waals surface area contributed by atoms with Crippen LogP contribution < -0.4 is 5.73 Å². The number of aromatic nitrogens is 2. The molecular weight excluding hydrogens is 268 g/mol. The zero-order chi connectivity index (χ0) is 14.8. The van der Waals surface area contributed by atoms with Crippen molar-refractivity contribution in [3.05, 3.63) is 23.5 Å². The van der Waals surface area contributed by atoms with Crippen LogP contribution in [0.2, 0.25) is 0 Å². The van der Waals surface area contributed by atoms with E-state index in [4.69, 9.17) is 14.6 Å². The maximum absolute atomic E-state index is 5.85. The van der Waals surface area contributed by atoms with Crippen LogP contribution in [0.15, 0.2) is 14.9 Å². The highest BCUT2D eigenvalue weighted by Gasteiger charge is 2.23. The smallest absolute Gasteiger partial charge is 0.251 e. The lowest BCUT2D eigenvalue weighted by atomic mass is 10.0. The summed E-state index contributed by atoms with van der Waals surface area (Å²) in [7, 11) is 0. The van der Waals surface area contributed by atoms with Gasteiger partial charge >= 0.3 is 0 Å². The Kier molecular flexibility index (Phi) is 4.07. The van der Waals surface area contributed by atoms with Gasteiger partial charge in [0.1, 0.15) is 11.5 Å². The minimum atomic E-state index is 0.423. The first kappa shape index (κ1) is 14.3. The van der Waals surface area contributed by atoms with Crippen molar-refractivity contribution in [3.63, 3.8) is 0 Å². The molecule has 0 amide bonds. The molecule has 1 aliphatic rings. The summed E-state index contributed by atoms with van der Waals surface area (Å²) >= 11 is 0. The Bertz CT molecular complexity index is 605. The van der Waals surface area contributed by atoms with Gasteiger partial charge in [-0.1, -0.05) is 6.42 Å². The summed E-state index contributed by atoms with van der Waals surface area (Å²) in [6.07, 6.45) is 3.61. The van der Waals surface area contributed by atoms with Crippen molar-refractivity contribution in [2.75, 3.05) is 13.1 Å². The topological polar surface area (TPSA) is 81.3 Å². The molecule has 1 saturated heterocycles. The predicted molar refractivity (Wildman–Crippen MR) is 78.6 cm³/mol. The largest absolute Gasteiger partial charge is 0.466 e. The van der Waals surface area contributed by atoms with E-state index >= 15 is 0 Å². The van der Waals surface area contributed by atoms with E-state index in [0.717, 1.165) is 30.0 Å². The summed E-state index contributed by atoms with van der Waals surface area (Å²) in [5.74, 6) is 2.83. The third-order valence-corrected chi connectivity index (χ3v) is 4.10. The van der Waals surface area contributed by atoms with Crippen molar-refractivity contribution < 1.29 is 8.83 Å². The highest BCUT2D eigenvalue weighted by molar-refractivity contribution is 5.55. The van der Waals surface area contributed by atoms with Gasteiger partial charge in [-0.15, -0.1) is 10.2 Å². The van der Waals surface area contributed by atoms with Crippen LogP contribution in [0.4, 0.5) is 0 Å². The molecule has 1 atom stereocenters. The number of furan rings is 1. The first-order chi connectivity index (χ1) is 10.2. The van der Waals surface area contributed by atoms with E-state index in [0.29, 0.717) is 30.9 Å². The van der Waals surface area contributed by atoms with Crippen LogP contribution in [0, 0.1) is 13.8 Å². The average molecular weight is 290 g/mol. The van der Waals surface area contributed by atoms with Crippen LogP contribution in [0.25, 0.3) is 11.5 Å². The molecule has 3 heterocycles. The summed E-state index contributed by atoms with van der Waals surface area (Å²) in [6.45, 7) is 6.21. The van der Waals surface area contributed by atoms with Gasteiger partial charge < -0.3 is 14.6 Å². The van der Waals surface area contributed by atoms with E-state index in [2.05, 4.69) is 15.1 Å². The number of likely N-dealkylation sites (tertiary alicyclic amines) is 1. The maximum atomic E-state index is 5.85. The average Bonchev–Trinajstić information content (AvgIpc) is 3.06. The maximum Gasteiger partial charge on any atom is 0.251 e. The minimum Gasteiger partial charge on any atom is -0.466 e. The van der Waals surface area contributed by atoms with E-state index in [9.17, 15) is 0 Å². The van der Waals surface area contributed by atoms with Gasteiger partial charge in [-0.25, -0.2) is 0 Å². The summed E-state index contributed by atoms with van der Waals surface area (Å²) in [5, 5.41) is 8.31. The highest BCUT2D eigenvalue weighted by Crippen LogP contribution is 2.26. The van der Waals surface area contributed by atoms with Crippen LogP contribution >= 0.6 is 0 Å². The number of nitrogens with two attached hydrogens (primary N) is 1. The van der Waals surface area contributed by atoms with Crippen LogP contribution in [-0.2, 0) is 6.54 Å². The Hall–Kier alpha value is -1.66. The number of piperidine rings is 1. The SMILES string of the molecule is Cc1cc(-c2nnc(CN3CCCCC3CN)o2)c(C)o1. The van der Waals surface area contributed by atoms with Crippen molar-refractivity contribution in [3.8, 4) is 11.5 Å². The van der Waals surface area contributed by atoms with E-state index in [1.165, 1.54) is 12.8 Å². The van der Waals surface area contributed by atoms with E-state index < -0.39 is 0 Å². The Morgan fingerprint density at radius 1 is 1.29 bits per heavy atom. The third-order valence-electron chi connectivity index (χ3n) is 4.10. The molecule has 1 unspecified atom stereocenters. The lowest BCUT2D eigenvalue weighted by Crippen LogP contribution is -2.43. The molecule has 2 aromatic heterocycles. The fourth-order valence-electron chi connectivity index (χ4n) is 2.98. The van der Waals surface area contributed by atoms with E-state index in [1.54, 1.807) is 0 Å². The molecule has 0 bridgehead atoms. The molecule has 6 heteroatoms. The molecular formula is C15H22N4O2. The molecule has 2 aromatic rings. The molecule has 1 fully saturated rings. The van der Waals surface area contributed by atoms with Crippen molar-refractivity contribution >= 4 is 0 Å². The molecule has 0 radical (unpaired) electrons. The fraction of sp³-hybridized carbons (Fsp3) is 0.600. The van der Waals surface area contributed by atoms with Crippen LogP contribution in [-0.4, -0.2) is 34.2 Å². The standard InChI is InChI=1S/C15H22N4O2/c1-10-7-13(11(2)20-10)15-18-17-14(21-15)9-19-6-4-3-5-12(19)8-16/h7,12H,3-6,8-9,16H2,1-2H3. The molecule has 2 N–H and O–H groups in total. The molecule has 6 nitrogen and oxygen atoms in total. The molecule has 21 heavy (non-hydrogen) atoms. The first-order valence-corrected chi connectivity index (χ1v) is 7.51. The molecule has 114 valence electrons. The second-order valence-electron chi connectivity index (χ2n) is 5.68. The fourth-order valence-corrected chi connectivity index (χ4v) is 2.98. The molecule has 0 saturated carbocycles. The van der Waals surface area contributed by atoms with Gasteiger partial charge in [0.2, 0.25) is 5.89 Å². The second-order valence-corrected chi connectivity index (χ2v) is 5.68. The van der Waals surface area contributed by atoms with Gasteiger partial charge in [0.05, 0.1) is 12.1 Å². The van der Waals surface area contributed by atoms with Crippen molar-refractivity contribution in [2.45, 2.75) is 45.7 Å². The quantitative estimate of drug-likeness (QED) is 0.930. The second kappa shape index (κ2) is 5.99. The Morgan fingerprint density at radius 3 is 2.86 bits per heavy atom. The Balaban J connectivity index is 1.74. The number of nitrogens with zero attached hydrogens (tertiary/aromatic N) is 3. The van der Waals surface area contributed by atoms with Crippen LogP contribution in [0.1, 0.15) is 36.7 Å². The highest BCUT2D eigenvalue weighted by atomic mass is 16.4. The monoisotopic (exact) mass is 290 g/mol. The molecule has 0 spiro atoms. The predicted octanol–water partition coefficient (Wildman–Crippen LogP) is 2.26. The van der Waals surface area contributed by atoms with E-state index in [1.807, 2.05) is 19.9 Å². The summed E-state index contributed by atoms with van der Waals surface area (Å²) in [5.41, 5.74) is 6.72. The summed E-state index contributed by atoms with van der Waals surface area (Å²) in [6, 6.07) is 2.35. The number of hydrogen-bond acceptors (Lipinski definition) is 6. The number of aryl methyl sites for hydroxylation is 2. The van der Waals surface area contributed by atoms with Gasteiger partial charge in [0.15, 0.2) is 0 Å². The molecule has 1 aliphatic heterocycles. The van der Waals surface area contributed by atoms with Gasteiger partial charge in [0, 0.05) is 12.6 Å². The van der Waals surface area contributed by atoms with Crippen LogP contribution in [0.5, 0.6) is 0 Å². The Labute approximate surface area is 124 Å². The normalized spacial score (nSPS) is 20.0. The van der Waals surface area contributed by atoms with Crippen molar-refractivity contribution in [2.24, 2.45) is 5.73 Å². The third kappa shape index (κ3) is 3.01. The molecule has 0 aromatic carbocycles. The summed E-state index contributed by atoms with van der Waals surface area (Å²) in [4.78, 5) is 2.34. The van der Waals surface area contributed by atoms with Gasteiger partial charge in [-0.2, -0.15) is 0 Å². The lowest BCUT2D eigenvalue weighted by molar-refractivity contribution is 0.132. The lowest BCUT2D eigenvalue weighted by Gasteiger charge is -2.33. The van der Waals surface area contributed by atoms with Gasteiger partial charge in [-0.3, -0.25) is 4.90 Å². The zero-order valence-corrected chi connectivity index (χ0v) is 12.6. The summed E-state index contributed by atoms with van der Waals surface area (Å²) < 4.78 is 11.3. The first-order valence-electron chi connectivity index (χ1n) is 7.51. The zero-order valence-electron chi connectivity index (χ0n) is 12.6. The number of rotatable bonds is 4. The van der Waals surface area contributed by atoms with Gasteiger partial charge in [-0.05, 0) is 39.3 Å². The Morgan fingerprint density at radius 2 is 2.14 bits per heavy atom. The van der Waals surface area contributed by atoms with Crippen molar-refractivity contribution in [1.82, 2.24) is 15.1 Å². The van der Waals surface area contributed by atoms with Crippen molar-refractivity contribution in [1.29, 1.82) is 0 Å². The van der Waals surface area contributed by atoms with E-state index in [-0.39, 0.29) is 0 Å². The molecule has 0 aliphatic carbocycles. The van der Waals surface area contributed by atoms with Gasteiger partial charge in [0.25, 0.3) is 5.89 Å². The number of hydrogen-bond donors (Lipinski definition) is 1. The minimum absolute atomic E-state index is 0.423. The molecule has 3 rings (SSSR count). The van der Waals surface area contributed by atoms with Crippen LogP contribution in [0.3, 0.4) is 0 Å².